The van der Waals surface area contributed by atoms with E-state index in [9.17, 15) is 29.2 Å². The number of rotatable bonds is 11. The van der Waals surface area contributed by atoms with Crippen molar-refractivity contribution in [3.05, 3.63) is 83.4 Å². The van der Waals surface area contributed by atoms with Gasteiger partial charge in [-0.05, 0) is 139 Å². The fourth-order valence-electron chi connectivity index (χ4n) is 12.1. The summed E-state index contributed by atoms with van der Waals surface area (Å²) >= 11 is 0. The summed E-state index contributed by atoms with van der Waals surface area (Å²) in [5, 5.41) is 16.3. The lowest BCUT2D eigenvalue weighted by atomic mass is 9.74. The van der Waals surface area contributed by atoms with Crippen LogP contribution in [0.2, 0.25) is 0 Å². The first kappa shape index (κ1) is 61.4. The number of carbonyl (C=O) groups is 5. The van der Waals surface area contributed by atoms with E-state index in [1.54, 1.807) is 32.0 Å². The lowest BCUT2D eigenvalue weighted by Gasteiger charge is -2.40. The van der Waals surface area contributed by atoms with Gasteiger partial charge < -0.3 is 65.0 Å². The second-order valence-corrected chi connectivity index (χ2v) is 26.1. The zero-order valence-electron chi connectivity index (χ0n) is 51.3. The van der Waals surface area contributed by atoms with Crippen LogP contribution < -0.4 is 26.2 Å². The number of nitrogens with two attached hydrogens (primary N) is 1. The normalized spacial score (nSPS) is 20.8. The standard InChI is InChI=1S/C31H44N8O4.C31H42N8O3/c1-30(2,3)43-29(42)37-15-12-31(4,13-16-37)21-8-10-22(11-9-21)34-27-25(26(32)40)33-19-24(35-27)38-14-6-7-23(20-38)39-18-17-36(5)28(39)41;1-30(2,3)42-29(41)37-15-12-31(4,13-16-37)22-8-10-23(11-9-22)34-27-25(19-32)33-20-26(35-27)38-14-6-7-24(21-38)39-18-17-36(5)28(39)40/h8-11,19,23H,6-7,12-18,20H2,1-5H3,(H2,32,40)(H,34,35);8-11,20,24H,6-7,12-18,21H2,1-5H3,(H,34,35)/t23-;24-/m11/s1. The molecule has 85 heavy (non-hydrogen) atoms. The number of urea groups is 2. The Kier molecular flexibility index (Phi) is 18.2. The first-order valence-electron chi connectivity index (χ1n) is 30.0. The number of hydrogen-bond donors (Lipinski definition) is 3. The summed E-state index contributed by atoms with van der Waals surface area (Å²) < 4.78 is 11.1. The van der Waals surface area contributed by atoms with Crippen LogP contribution in [-0.4, -0.2) is 195 Å². The zero-order chi connectivity index (χ0) is 61.0. The van der Waals surface area contributed by atoms with Crippen molar-refractivity contribution in [1.82, 2.24) is 49.3 Å². The molecule has 6 aliphatic rings. The van der Waals surface area contributed by atoms with E-state index in [0.717, 1.165) is 102 Å². The Labute approximate surface area is 500 Å². The molecule has 0 bridgehead atoms. The molecule has 23 heteroatoms. The van der Waals surface area contributed by atoms with Gasteiger partial charge >= 0.3 is 24.2 Å². The van der Waals surface area contributed by atoms with Crippen LogP contribution in [0.15, 0.2) is 60.9 Å². The number of aromatic nitrogens is 4. The molecule has 8 heterocycles. The van der Waals surface area contributed by atoms with Crippen molar-refractivity contribution in [2.75, 3.05) is 113 Å². The number of anilines is 6. The summed E-state index contributed by atoms with van der Waals surface area (Å²) in [6.45, 7) is 24.3. The molecule has 2 aromatic heterocycles. The maximum atomic E-state index is 12.6. The van der Waals surface area contributed by atoms with Gasteiger partial charge in [0.15, 0.2) is 23.0 Å². The molecular formula is C62H86N16O7. The van der Waals surface area contributed by atoms with Crippen molar-refractivity contribution in [2.45, 2.75) is 141 Å². The van der Waals surface area contributed by atoms with Crippen molar-refractivity contribution in [3.63, 3.8) is 0 Å². The first-order valence-corrected chi connectivity index (χ1v) is 30.0. The fourth-order valence-corrected chi connectivity index (χ4v) is 12.1. The molecule has 10 rings (SSSR count). The molecule has 456 valence electrons. The van der Waals surface area contributed by atoms with Gasteiger partial charge in [0.2, 0.25) is 0 Å². The monoisotopic (exact) mass is 1170 g/mol. The van der Waals surface area contributed by atoms with E-state index < -0.39 is 17.1 Å². The highest BCUT2D eigenvalue weighted by Crippen LogP contribution is 2.39. The number of likely N-dealkylation sites (N-methyl/N-ethyl adjacent to an activating group) is 2. The molecule has 6 aliphatic heterocycles. The number of carbonyl (C=O) groups excluding carboxylic acids is 5. The predicted molar refractivity (Wildman–Crippen MR) is 325 cm³/mol. The van der Waals surface area contributed by atoms with E-state index in [4.69, 9.17) is 25.2 Å². The predicted octanol–water partition coefficient (Wildman–Crippen LogP) is 8.66. The molecule has 0 spiro atoms. The van der Waals surface area contributed by atoms with Crippen LogP contribution in [0.1, 0.15) is 134 Å². The van der Waals surface area contributed by atoms with Crippen LogP contribution in [0.5, 0.6) is 0 Å². The summed E-state index contributed by atoms with van der Waals surface area (Å²) in [5.41, 5.74) is 8.77. The van der Waals surface area contributed by atoms with Crippen molar-refractivity contribution in [2.24, 2.45) is 5.73 Å². The summed E-state index contributed by atoms with van der Waals surface area (Å²) in [6.07, 6.45) is 9.86. The van der Waals surface area contributed by atoms with Crippen molar-refractivity contribution < 1.29 is 33.4 Å². The van der Waals surface area contributed by atoms with E-state index in [1.807, 2.05) is 89.7 Å². The van der Waals surface area contributed by atoms with Crippen LogP contribution in [0, 0.1) is 11.3 Å². The fraction of sp³-hybridized carbons (Fsp3) is 0.581. The van der Waals surface area contributed by atoms with Gasteiger partial charge in [0.1, 0.15) is 28.9 Å². The third-order valence-corrected chi connectivity index (χ3v) is 17.4. The molecular weight excluding hydrogens is 1080 g/mol. The van der Waals surface area contributed by atoms with E-state index >= 15 is 0 Å². The van der Waals surface area contributed by atoms with E-state index in [-0.39, 0.29) is 58.6 Å². The minimum absolute atomic E-state index is 0.0507. The minimum Gasteiger partial charge on any atom is -0.444 e. The molecule has 4 aromatic rings. The molecule has 0 aliphatic carbocycles. The maximum Gasteiger partial charge on any atom is 0.410 e. The van der Waals surface area contributed by atoms with Crippen LogP contribution in [-0.2, 0) is 20.3 Å². The number of hydrogen-bond acceptors (Lipinski definition) is 16. The number of likely N-dealkylation sites (tertiary alicyclic amines) is 2. The Morgan fingerprint density at radius 2 is 1.00 bits per heavy atom. The summed E-state index contributed by atoms with van der Waals surface area (Å²) in [5.74, 6) is 1.39. The van der Waals surface area contributed by atoms with Crippen molar-refractivity contribution in [3.8, 4) is 6.07 Å². The number of nitrogens with one attached hydrogen (secondary N) is 2. The highest BCUT2D eigenvalue weighted by Gasteiger charge is 2.39. The zero-order valence-corrected chi connectivity index (χ0v) is 51.3. The van der Waals surface area contributed by atoms with Gasteiger partial charge in [-0.1, -0.05) is 38.1 Å². The van der Waals surface area contributed by atoms with Crippen LogP contribution in [0.4, 0.5) is 53.8 Å². The molecule has 6 saturated heterocycles. The number of nitrogens with zero attached hydrogens (tertiary/aromatic N) is 13. The smallest absolute Gasteiger partial charge is 0.410 e. The topological polar surface area (TPSA) is 255 Å². The van der Waals surface area contributed by atoms with Crippen LogP contribution >= 0.6 is 0 Å². The molecule has 6 fully saturated rings. The van der Waals surface area contributed by atoms with Crippen molar-refractivity contribution >= 4 is 64.8 Å². The quantitative estimate of drug-likeness (QED) is 0.127. The Morgan fingerprint density at radius 3 is 1.38 bits per heavy atom. The Hall–Kier alpha value is -8.16. The number of piperidine rings is 4. The molecule has 0 radical (unpaired) electrons. The molecule has 23 nitrogen and oxygen atoms in total. The highest BCUT2D eigenvalue weighted by molar-refractivity contribution is 5.96. The average Bonchev–Trinajstić information content (AvgIpc) is 3.25. The van der Waals surface area contributed by atoms with Crippen LogP contribution in [0.3, 0.4) is 0 Å². The van der Waals surface area contributed by atoms with Gasteiger partial charge in [-0.3, -0.25) is 4.79 Å². The summed E-state index contributed by atoms with van der Waals surface area (Å²) in [6, 6.07) is 18.8. The van der Waals surface area contributed by atoms with E-state index in [2.05, 4.69) is 74.6 Å². The third kappa shape index (κ3) is 14.7. The highest BCUT2D eigenvalue weighted by atomic mass is 16.6. The number of amides is 7. The summed E-state index contributed by atoms with van der Waals surface area (Å²) in [4.78, 5) is 96.0. The van der Waals surface area contributed by atoms with Gasteiger partial charge in [-0.15, -0.1) is 0 Å². The van der Waals surface area contributed by atoms with Gasteiger partial charge in [0, 0.05) is 104 Å². The van der Waals surface area contributed by atoms with E-state index in [0.29, 0.717) is 62.5 Å². The largest absolute Gasteiger partial charge is 0.444 e. The third-order valence-electron chi connectivity index (χ3n) is 17.4. The number of ether oxygens (including phenoxy) is 2. The number of nitriles is 1. The Balaban J connectivity index is 0.000000204. The maximum absolute atomic E-state index is 12.6. The molecule has 0 saturated carbocycles. The lowest BCUT2D eigenvalue weighted by molar-refractivity contribution is 0.0161. The summed E-state index contributed by atoms with van der Waals surface area (Å²) in [7, 11) is 3.67. The molecule has 7 amide bonds. The van der Waals surface area contributed by atoms with Gasteiger partial charge in [-0.2, -0.15) is 5.26 Å². The molecule has 4 N–H and O–H groups in total. The second kappa shape index (κ2) is 25.2. The first-order chi connectivity index (χ1) is 40.3. The SMILES string of the molecule is CN1CCN([C@@H]2CCCN(c3cnc(C#N)c(Nc4ccc(C5(C)CCN(C(=O)OC(C)(C)C)CC5)cc4)n3)C2)C1=O.CN1CCN([C@@H]2CCCN(c3cnc(C(N)=O)c(Nc4ccc(C5(C)CCN(C(=O)OC(C)(C)C)CC5)cc4)n3)C2)C1=O. The minimum atomic E-state index is -0.662. The van der Waals surface area contributed by atoms with Gasteiger partial charge in [0.25, 0.3) is 5.91 Å². The Morgan fingerprint density at radius 1 is 0.600 bits per heavy atom. The lowest BCUT2D eigenvalue weighted by Crippen LogP contribution is -2.49. The molecule has 2 aromatic carbocycles. The number of benzene rings is 2. The molecule has 0 unspecified atom stereocenters. The number of primary amides is 1. The average molecular weight is 1170 g/mol. The molecule has 2 atom stereocenters. The van der Waals surface area contributed by atoms with E-state index in [1.165, 1.54) is 11.1 Å². The second-order valence-electron chi connectivity index (χ2n) is 26.1. The Bertz CT molecular complexity index is 3110. The van der Waals surface area contributed by atoms with Crippen molar-refractivity contribution in [1.29, 1.82) is 5.26 Å². The van der Waals surface area contributed by atoms with Gasteiger partial charge in [0.05, 0.1) is 24.5 Å². The van der Waals surface area contributed by atoms with Crippen LogP contribution in [0.25, 0.3) is 0 Å². The van der Waals surface area contributed by atoms with Gasteiger partial charge in [-0.25, -0.2) is 39.1 Å².